The molecule has 43 heavy (non-hydrogen) atoms. The molecule has 1 aliphatic heterocycles. The van der Waals surface area contributed by atoms with Crippen LogP contribution in [0.5, 0.6) is 0 Å². The molecule has 5 heterocycles. The normalized spacial score (nSPS) is 21.7. The fourth-order valence-electron chi connectivity index (χ4n) is 6.52. The summed E-state index contributed by atoms with van der Waals surface area (Å²) in [5, 5.41) is 6.79. The number of aromatic nitrogens is 7. The van der Waals surface area contributed by atoms with Crippen molar-refractivity contribution in [1.82, 2.24) is 34.7 Å². The Morgan fingerprint density at radius 2 is 1.88 bits per heavy atom. The number of halogens is 1. The third kappa shape index (κ3) is 5.31. The maximum atomic E-state index is 11.8. The Hall–Kier alpha value is -4.09. The minimum Gasteiger partial charge on any atom is -0.384 e. The fraction of sp³-hybridized carbons (Fsp3) is 0.419. The summed E-state index contributed by atoms with van der Waals surface area (Å²) in [6.07, 6.45) is 7.99. The highest BCUT2D eigenvalue weighted by atomic mass is 35.5. The summed E-state index contributed by atoms with van der Waals surface area (Å²) in [4.78, 5) is 33.5. The highest BCUT2D eigenvalue weighted by Gasteiger charge is 2.35. The van der Waals surface area contributed by atoms with Crippen molar-refractivity contribution in [3.63, 3.8) is 0 Å². The van der Waals surface area contributed by atoms with Gasteiger partial charge in [-0.25, -0.2) is 19.9 Å². The van der Waals surface area contributed by atoms with Gasteiger partial charge in [-0.2, -0.15) is 4.98 Å². The van der Waals surface area contributed by atoms with Gasteiger partial charge in [0.05, 0.1) is 24.3 Å². The lowest BCUT2D eigenvalue weighted by atomic mass is 9.79. The molecule has 0 radical (unpaired) electrons. The van der Waals surface area contributed by atoms with E-state index < -0.39 is 5.76 Å². The highest BCUT2D eigenvalue weighted by Crippen LogP contribution is 2.43. The SMILES string of the molecule is CC1CCC(C(C)n2c(N3CCOCC3c3ccccc3)nc3nc(-c4n[nH]c(=O)o4)nc(-c4cncc(Cl)c4)c32)CC1. The third-order valence-corrected chi connectivity index (χ3v) is 9.06. The highest BCUT2D eigenvalue weighted by molar-refractivity contribution is 6.30. The lowest BCUT2D eigenvalue weighted by molar-refractivity contribution is 0.0924. The molecule has 0 amide bonds. The standard InChI is InChI=1S/C31H33ClN8O3/c1-18-8-10-20(11-9-18)19(2)40-26-25(22-14-23(32)16-33-15-22)34-28(29-37-38-31(41)43-29)35-27(26)36-30(40)39-12-13-42-17-24(39)21-6-4-3-5-7-21/h3-7,14-16,18-20,24H,8-13,17H2,1-2H3,(H,38,41). The van der Waals surface area contributed by atoms with Crippen LogP contribution in [0.15, 0.2) is 58.0 Å². The maximum Gasteiger partial charge on any atom is 0.434 e. The molecule has 2 unspecified atom stereocenters. The number of hydrogen-bond donors (Lipinski definition) is 1. The van der Waals surface area contributed by atoms with E-state index in [1.807, 2.05) is 12.1 Å². The van der Waals surface area contributed by atoms with E-state index in [4.69, 9.17) is 35.7 Å². The second-order valence-corrected chi connectivity index (χ2v) is 12.1. The first-order valence-corrected chi connectivity index (χ1v) is 15.2. The number of benzene rings is 1. The van der Waals surface area contributed by atoms with Gasteiger partial charge in [-0.3, -0.25) is 4.98 Å². The number of rotatable bonds is 6. The monoisotopic (exact) mass is 600 g/mol. The van der Waals surface area contributed by atoms with E-state index in [1.54, 1.807) is 12.4 Å². The summed E-state index contributed by atoms with van der Waals surface area (Å²) < 4.78 is 13.6. The van der Waals surface area contributed by atoms with E-state index in [9.17, 15) is 4.79 Å². The van der Waals surface area contributed by atoms with Crippen LogP contribution in [0.3, 0.4) is 0 Å². The van der Waals surface area contributed by atoms with Crippen molar-refractivity contribution in [3.8, 4) is 23.0 Å². The molecule has 0 spiro atoms. The van der Waals surface area contributed by atoms with E-state index in [0.717, 1.165) is 35.8 Å². The molecular formula is C31H33ClN8O3. The Kier molecular flexibility index (Phi) is 7.44. The number of aromatic amines is 1. The molecule has 7 rings (SSSR count). The minimum absolute atomic E-state index is 0.0120. The number of anilines is 1. The Balaban J connectivity index is 1.48. The van der Waals surface area contributed by atoms with Gasteiger partial charge in [0, 0.05) is 30.5 Å². The number of hydrogen-bond acceptors (Lipinski definition) is 9. The quantitative estimate of drug-likeness (QED) is 0.255. The van der Waals surface area contributed by atoms with E-state index in [1.165, 1.54) is 12.8 Å². The molecular weight excluding hydrogens is 568 g/mol. The van der Waals surface area contributed by atoms with Gasteiger partial charge in [0.25, 0.3) is 5.89 Å². The van der Waals surface area contributed by atoms with Crippen LogP contribution in [0.4, 0.5) is 5.95 Å². The van der Waals surface area contributed by atoms with Gasteiger partial charge in [0.15, 0.2) is 5.65 Å². The average molecular weight is 601 g/mol. The van der Waals surface area contributed by atoms with Crippen LogP contribution in [0.2, 0.25) is 5.02 Å². The molecule has 2 fully saturated rings. The predicted molar refractivity (Wildman–Crippen MR) is 163 cm³/mol. The first-order chi connectivity index (χ1) is 21.0. The van der Waals surface area contributed by atoms with Gasteiger partial charge < -0.3 is 18.6 Å². The zero-order valence-electron chi connectivity index (χ0n) is 24.1. The Labute approximate surface area is 253 Å². The molecule has 2 atom stereocenters. The van der Waals surface area contributed by atoms with Gasteiger partial charge in [0.1, 0.15) is 11.2 Å². The fourth-order valence-corrected chi connectivity index (χ4v) is 6.69. The smallest absolute Gasteiger partial charge is 0.384 e. The summed E-state index contributed by atoms with van der Waals surface area (Å²) in [7, 11) is 0. The largest absolute Gasteiger partial charge is 0.434 e. The Morgan fingerprint density at radius 1 is 1.07 bits per heavy atom. The van der Waals surface area contributed by atoms with E-state index in [-0.39, 0.29) is 23.8 Å². The van der Waals surface area contributed by atoms with Crippen LogP contribution in [0, 0.1) is 11.8 Å². The number of pyridine rings is 1. The van der Waals surface area contributed by atoms with Crippen molar-refractivity contribution in [3.05, 3.63) is 69.9 Å². The maximum absolute atomic E-state index is 11.8. The van der Waals surface area contributed by atoms with Crippen molar-refractivity contribution >= 4 is 28.7 Å². The van der Waals surface area contributed by atoms with Crippen LogP contribution < -0.4 is 10.7 Å². The third-order valence-electron chi connectivity index (χ3n) is 8.86. The van der Waals surface area contributed by atoms with E-state index >= 15 is 0 Å². The van der Waals surface area contributed by atoms with Crippen molar-refractivity contribution in [2.24, 2.45) is 11.8 Å². The molecule has 0 bridgehead atoms. The van der Waals surface area contributed by atoms with Gasteiger partial charge >= 0.3 is 5.76 Å². The topological polar surface area (TPSA) is 128 Å². The molecule has 11 nitrogen and oxygen atoms in total. The summed E-state index contributed by atoms with van der Waals surface area (Å²) in [5.41, 5.74) is 3.72. The first-order valence-electron chi connectivity index (χ1n) is 14.8. The minimum atomic E-state index is -0.685. The van der Waals surface area contributed by atoms with Crippen LogP contribution in [-0.2, 0) is 4.74 Å². The van der Waals surface area contributed by atoms with Crippen molar-refractivity contribution < 1.29 is 9.15 Å². The zero-order chi connectivity index (χ0) is 29.5. The van der Waals surface area contributed by atoms with Crippen LogP contribution in [-0.4, -0.2) is 54.5 Å². The number of nitrogens with one attached hydrogen (secondary N) is 1. The van der Waals surface area contributed by atoms with Crippen molar-refractivity contribution in [2.75, 3.05) is 24.7 Å². The molecule has 222 valence electrons. The number of fused-ring (bicyclic) bond motifs is 1. The number of morpholine rings is 1. The molecule has 1 N–H and O–H groups in total. The summed E-state index contributed by atoms with van der Waals surface area (Å²) in [6, 6.07) is 12.3. The van der Waals surface area contributed by atoms with Crippen molar-refractivity contribution in [1.29, 1.82) is 0 Å². The summed E-state index contributed by atoms with van der Waals surface area (Å²) in [6.45, 7) is 6.42. The molecule has 1 aliphatic carbocycles. The van der Waals surface area contributed by atoms with Gasteiger partial charge in [-0.05, 0) is 43.2 Å². The molecule has 5 aromatic rings. The van der Waals surface area contributed by atoms with Crippen molar-refractivity contribution in [2.45, 2.75) is 51.6 Å². The first kappa shape index (κ1) is 27.7. The second-order valence-electron chi connectivity index (χ2n) is 11.6. The Morgan fingerprint density at radius 3 is 2.63 bits per heavy atom. The molecule has 1 saturated heterocycles. The number of H-pyrrole nitrogens is 1. The van der Waals surface area contributed by atoms with Gasteiger partial charge in [-0.15, -0.1) is 5.10 Å². The molecule has 1 aromatic carbocycles. The summed E-state index contributed by atoms with van der Waals surface area (Å²) >= 11 is 6.43. The Bertz CT molecular complexity index is 1790. The zero-order valence-corrected chi connectivity index (χ0v) is 24.9. The second kappa shape index (κ2) is 11.5. The van der Waals surface area contributed by atoms with Crippen LogP contribution in [0.1, 0.15) is 57.2 Å². The number of ether oxygens (including phenoxy) is 1. The lowest BCUT2D eigenvalue weighted by Crippen LogP contribution is -2.41. The number of nitrogens with zero attached hydrogens (tertiary/aromatic N) is 7. The van der Waals surface area contributed by atoms with Gasteiger partial charge in [-0.1, -0.05) is 61.7 Å². The van der Waals surface area contributed by atoms with Crippen LogP contribution >= 0.6 is 11.6 Å². The van der Waals surface area contributed by atoms with Gasteiger partial charge in [0.2, 0.25) is 11.8 Å². The number of imidazole rings is 1. The van der Waals surface area contributed by atoms with Crippen LogP contribution in [0.25, 0.3) is 34.1 Å². The molecule has 2 aliphatic rings. The summed E-state index contributed by atoms with van der Waals surface area (Å²) in [5.74, 6) is 1.45. The molecule has 12 heteroatoms. The molecule has 1 saturated carbocycles. The lowest BCUT2D eigenvalue weighted by Gasteiger charge is -2.39. The van der Waals surface area contributed by atoms with E-state index in [0.29, 0.717) is 47.6 Å². The molecule has 4 aromatic heterocycles. The van der Waals surface area contributed by atoms with E-state index in [2.05, 4.69) is 62.8 Å². The predicted octanol–water partition coefficient (Wildman–Crippen LogP) is 5.85. The average Bonchev–Trinajstić information content (AvgIpc) is 3.65.